The van der Waals surface area contributed by atoms with Crippen LogP contribution in [0.2, 0.25) is 0 Å². The molecule has 3 N–H and O–H groups in total. The lowest BCUT2D eigenvalue weighted by Crippen LogP contribution is -2.51. The van der Waals surface area contributed by atoms with Gasteiger partial charge in [0, 0.05) is 25.8 Å². The van der Waals surface area contributed by atoms with Gasteiger partial charge in [0.2, 0.25) is 11.9 Å². The minimum absolute atomic E-state index is 0.0953. The molecule has 142 valence electrons. The lowest BCUT2D eigenvalue weighted by molar-refractivity contribution is -0.114. The average molecular weight is 381 g/mol. The van der Waals surface area contributed by atoms with E-state index in [0.29, 0.717) is 19.0 Å². The number of rotatable bonds is 5. The maximum atomic E-state index is 12.4. The van der Waals surface area contributed by atoms with Crippen LogP contribution >= 0.6 is 0 Å². The van der Waals surface area contributed by atoms with Crippen LogP contribution in [0.1, 0.15) is 19.8 Å². The van der Waals surface area contributed by atoms with Crippen molar-refractivity contribution < 1.29 is 17.9 Å². The van der Waals surface area contributed by atoms with E-state index in [9.17, 15) is 13.2 Å². The van der Waals surface area contributed by atoms with Crippen LogP contribution in [0.5, 0.6) is 0 Å². The standard InChI is InChI=1S/C16H23N5O4S/c1-12(22)19-13-4-6-15(7-5-13)26(23,24)20-16-17-10-21(11-18-16)9-14-3-2-8-25-14/h4-7,14H,2-3,8-11H2,1H3,(H,19,22)(H2,17,18,20). The Kier molecular flexibility index (Phi) is 5.74. The molecule has 2 heterocycles. The molecule has 2 aliphatic heterocycles. The molecule has 0 saturated carbocycles. The quantitative estimate of drug-likeness (QED) is 0.675. The van der Waals surface area contributed by atoms with Crippen molar-refractivity contribution in [1.82, 2.24) is 14.9 Å². The molecule has 3 rings (SSSR count). The van der Waals surface area contributed by atoms with E-state index in [1.165, 1.54) is 31.2 Å². The SMILES string of the molecule is CC(=O)Nc1ccc(S(=O)(=O)NC2=NCN(CC3CCCO3)CN2)cc1. The molecule has 1 aromatic carbocycles. The largest absolute Gasteiger partial charge is 0.377 e. The van der Waals surface area contributed by atoms with Crippen LogP contribution in [-0.2, 0) is 19.6 Å². The second-order valence-corrected chi connectivity index (χ2v) is 7.96. The Morgan fingerprint density at radius 1 is 1.38 bits per heavy atom. The molecule has 1 fully saturated rings. The van der Waals surface area contributed by atoms with Crippen molar-refractivity contribution in [2.24, 2.45) is 4.99 Å². The normalized spacial score (nSPS) is 21.0. The monoisotopic (exact) mass is 381 g/mol. The van der Waals surface area contributed by atoms with Crippen molar-refractivity contribution in [2.45, 2.75) is 30.8 Å². The topological polar surface area (TPSA) is 112 Å². The minimum Gasteiger partial charge on any atom is -0.377 e. The van der Waals surface area contributed by atoms with Gasteiger partial charge >= 0.3 is 0 Å². The molecule has 1 saturated heterocycles. The first-order valence-electron chi connectivity index (χ1n) is 8.45. The fourth-order valence-electron chi connectivity index (χ4n) is 2.84. The number of guanidine groups is 1. The van der Waals surface area contributed by atoms with Gasteiger partial charge < -0.3 is 15.4 Å². The number of ether oxygens (including phenoxy) is 1. The van der Waals surface area contributed by atoms with Crippen LogP contribution in [0.3, 0.4) is 0 Å². The van der Waals surface area contributed by atoms with Gasteiger partial charge in [-0.3, -0.25) is 9.69 Å². The van der Waals surface area contributed by atoms with Crippen LogP contribution in [0, 0.1) is 0 Å². The van der Waals surface area contributed by atoms with Crippen LogP contribution in [0.25, 0.3) is 0 Å². The molecule has 26 heavy (non-hydrogen) atoms. The third kappa shape index (κ3) is 4.93. The maximum Gasteiger partial charge on any atom is 0.264 e. The molecule has 1 aromatic rings. The van der Waals surface area contributed by atoms with Crippen molar-refractivity contribution in [2.75, 3.05) is 31.8 Å². The number of aliphatic imine (C=N–C) groups is 1. The zero-order valence-electron chi connectivity index (χ0n) is 14.6. The number of hydrogen-bond acceptors (Lipinski definition) is 7. The third-order valence-electron chi connectivity index (χ3n) is 4.10. The lowest BCUT2D eigenvalue weighted by Gasteiger charge is -2.28. The van der Waals surface area contributed by atoms with E-state index in [1.54, 1.807) is 0 Å². The Labute approximate surface area is 152 Å². The number of carbonyl (C=O) groups excluding carboxylic acids is 1. The third-order valence-corrected chi connectivity index (χ3v) is 5.46. The first kappa shape index (κ1) is 18.6. The molecule has 1 amide bonds. The van der Waals surface area contributed by atoms with Gasteiger partial charge in [0.05, 0.1) is 24.3 Å². The van der Waals surface area contributed by atoms with Crippen molar-refractivity contribution >= 4 is 27.6 Å². The summed E-state index contributed by atoms with van der Waals surface area (Å²) in [5.74, 6) is 0.00609. The van der Waals surface area contributed by atoms with E-state index in [1.807, 2.05) is 0 Å². The van der Waals surface area contributed by atoms with Crippen LogP contribution in [0.4, 0.5) is 5.69 Å². The van der Waals surface area contributed by atoms with Crippen molar-refractivity contribution in [3.05, 3.63) is 24.3 Å². The molecule has 1 unspecified atom stereocenters. The van der Waals surface area contributed by atoms with Gasteiger partial charge in [0.1, 0.15) is 0 Å². The number of sulfonamides is 1. The van der Waals surface area contributed by atoms with Gasteiger partial charge in [-0.05, 0) is 37.1 Å². The molecule has 2 aliphatic rings. The molecule has 0 aromatic heterocycles. The van der Waals surface area contributed by atoms with E-state index in [2.05, 4.69) is 25.2 Å². The number of amides is 1. The molecule has 0 spiro atoms. The van der Waals surface area contributed by atoms with Gasteiger partial charge in [0.15, 0.2) is 0 Å². The van der Waals surface area contributed by atoms with Crippen LogP contribution in [-0.4, -0.2) is 57.8 Å². The minimum atomic E-state index is -3.74. The summed E-state index contributed by atoms with van der Waals surface area (Å²) in [5, 5.41) is 5.57. The van der Waals surface area contributed by atoms with E-state index in [0.717, 1.165) is 26.0 Å². The highest BCUT2D eigenvalue weighted by molar-refractivity contribution is 7.90. The summed E-state index contributed by atoms with van der Waals surface area (Å²) >= 11 is 0. The number of carbonyl (C=O) groups is 1. The second-order valence-electron chi connectivity index (χ2n) is 6.28. The van der Waals surface area contributed by atoms with E-state index in [4.69, 9.17) is 4.74 Å². The highest BCUT2D eigenvalue weighted by atomic mass is 32.2. The number of benzene rings is 1. The molecule has 1 atom stereocenters. The molecule has 10 heteroatoms. The van der Waals surface area contributed by atoms with Gasteiger partial charge in [0.25, 0.3) is 10.0 Å². The first-order chi connectivity index (χ1) is 12.4. The van der Waals surface area contributed by atoms with Crippen molar-refractivity contribution in [3.8, 4) is 0 Å². The average Bonchev–Trinajstić information content (AvgIpc) is 3.09. The Morgan fingerprint density at radius 2 is 2.15 bits per heavy atom. The summed E-state index contributed by atoms with van der Waals surface area (Å²) in [5.41, 5.74) is 0.536. The number of nitrogens with zero attached hydrogens (tertiary/aromatic N) is 2. The van der Waals surface area contributed by atoms with E-state index < -0.39 is 10.0 Å². The van der Waals surface area contributed by atoms with E-state index in [-0.39, 0.29) is 22.9 Å². The predicted octanol–water partition coefficient (Wildman–Crippen LogP) is 0.279. The van der Waals surface area contributed by atoms with E-state index >= 15 is 0 Å². The van der Waals surface area contributed by atoms with Crippen molar-refractivity contribution in [1.29, 1.82) is 0 Å². The summed E-state index contributed by atoms with van der Waals surface area (Å²) in [6, 6.07) is 5.94. The zero-order chi connectivity index (χ0) is 18.6. The summed E-state index contributed by atoms with van der Waals surface area (Å²) in [6.07, 6.45) is 2.36. The highest BCUT2D eigenvalue weighted by Gasteiger charge is 2.23. The Bertz CT molecular complexity index is 772. The smallest absolute Gasteiger partial charge is 0.264 e. The predicted molar refractivity (Wildman–Crippen MR) is 97.1 cm³/mol. The zero-order valence-corrected chi connectivity index (χ0v) is 15.4. The lowest BCUT2D eigenvalue weighted by atomic mass is 10.2. The van der Waals surface area contributed by atoms with Crippen molar-refractivity contribution in [3.63, 3.8) is 0 Å². The van der Waals surface area contributed by atoms with Gasteiger partial charge in [-0.25, -0.2) is 18.1 Å². The summed E-state index contributed by atoms with van der Waals surface area (Å²) in [4.78, 5) is 17.4. The van der Waals surface area contributed by atoms with Crippen LogP contribution in [0.15, 0.2) is 34.2 Å². The highest BCUT2D eigenvalue weighted by Crippen LogP contribution is 2.15. The summed E-state index contributed by atoms with van der Waals surface area (Å²) < 4.78 is 32.9. The maximum absolute atomic E-state index is 12.4. The number of nitrogens with one attached hydrogen (secondary N) is 3. The Hall–Kier alpha value is -2.17. The Morgan fingerprint density at radius 3 is 2.73 bits per heavy atom. The first-order valence-corrected chi connectivity index (χ1v) is 9.93. The number of anilines is 1. The van der Waals surface area contributed by atoms with Crippen LogP contribution < -0.4 is 15.4 Å². The Balaban J connectivity index is 1.57. The van der Waals surface area contributed by atoms with Gasteiger partial charge in [-0.15, -0.1) is 0 Å². The molecule has 0 bridgehead atoms. The number of hydrogen-bond donors (Lipinski definition) is 3. The molecule has 0 aliphatic carbocycles. The fraction of sp³-hybridized carbons (Fsp3) is 0.500. The molecule has 0 radical (unpaired) electrons. The molecule has 9 nitrogen and oxygen atoms in total. The fourth-order valence-corrected chi connectivity index (χ4v) is 3.84. The molecular formula is C16H23N5O4S. The molecular weight excluding hydrogens is 358 g/mol. The summed E-state index contributed by atoms with van der Waals surface area (Å²) in [6.45, 7) is 3.89. The van der Waals surface area contributed by atoms with Gasteiger partial charge in [-0.1, -0.05) is 0 Å². The second kappa shape index (κ2) is 8.02. The van der Waals surface area contributed by atoms with Gasteiger partial charge in [-0.2, -0.15) is 0 Å². The summed E-state index contributed by atoms with van der Waals surface area (Å²) in [7, 11) is -3.74.